The number of rotatable bonds is 4. The quantitative estimate of drug-likeness (QED) is 0.409. The third-order valence-electron chi connectivity index (χ3n) is 2.62. The molecule has 0 bridgehead atoms. The average molecular weight is 241 g/mol. The highest BCUT2D eigenvalue weighted by Gasteiger charge is 2.29. The number of nitrogens with zero attached hydrogens (tertiary/aromatic N) is 5. The van der Waals surface area contributed by atoms with Crippen molar-refractivity contribution in [3.63, 3.8) is 0 Å². The summed E-state index contributed by atoms with van der Waals surface area (Å²) in [5, 5.41) is 13.3. The smallest absolute Gasteiger partial charge is 0.276 e. The van der Waals surface area contributed by atoms with E-state index in [1.807, 2.05) is 4.90 Å². The SMILES string of the molecule is C=CCN1CN(C(C)C)CN(C)C1=N[N+](=O)[O-]. The zero-order valence-electron chi connectivity index (χ0n) is 10.5. The largest absolute Gasteiger partial charge is 0.328 e. The van der Waals surface area contributed by atoms with Crippen LogP contribution in [0.25, 0.3) is 0 Å². The molecule has 1 fully saturated rings. The summed E-state index contributed by atoms with van der Waals surface area (Å²) in [6.45, 7) is 9.65. The molecular weight excluding hydrogens is 222 g/mol. The second-order valence-electron chi connectivity index (χ2n) is 4.31. The molecule has 1 heterocycles. The van der Waals surface area contributed by atoms with Gasteiger partial charge in [-0.3, -0.25) is 4.90 Å². The van der Waals surface area contributed by atoms with Gasteiger partial charge in [0.2, 0.25) is 0 Å². The van der Waals surface area contributed by atoms with Crippen molar-refractivity contribution in [2.24, 2.45) is 5.10 Å². The zero-order chi connectivity index (χ0) is 13.0. The molecule has 0 spiro atoms. The van der Waals surface area contributed by atoms with Crippen LogP contribution in [0, 0.1) is 10.1 Å². The summed E-state index contributed by atoms with van der Waals surface area (Å²) in [5.74, 6) is 0.381. The van der Waals surface area contributed by atoms with Crippen LogP contribution in [0.4, 0.5) is 0 Å². The van der Waals surface area contributed by atoms with E-state index in [1.54, 1.807) is 18.0 Å². The van der Waals surface area contributed by atoms with Crippen LogP contribution in [0.5, 0.6) is 0 Å². The molecule has 0 N–H and O–H groups in total. The number of hydrazone groups is 1. The monoisotopic (exact) mass is 241 g/mol. The van der Waals surface area contributed by atoms with Gasteiger partial charge in [0, 0.05) is 19.6 Å². The number of hydrogen-bond acceptors (Lipinski definition) is 3. The molecule has 0 saturated carbocycles. The summed E-state index contributed by atoms with van der Waals surface area (Å²) in [5.41, 5.74) is 0. The van der Waals surface area contributed by atoms with Gasteiger partial charge < -0.3 is 9.80 Å². The highest BCUT2D eigenvalue weighted by atomic mass is 16.7. The highest BCUT2D eigenvalue weighted by Crippen LogP contribution is 2.11. The Morgan fingerprint density at radius 1 is 1.59 bits per heavy atom. The van der Waals surface area contributed by atoms with Crippen molar-refractivity contribution in [1.29, 1.82) is 0 Å². The molecule has 0 radical (unpaired) electrons. The molecule has 1 aliphatic heterocycles. The fourth-order valence-electron chi connectivity index (χ4n) is 1.74. The maximum absolute atomic E-state index is 10.5. The maximum Gasteiger partial charge on any atom is 0.276 e. The number of guanidine groups is 1. The van der Waals surface area contributed by atoms with E-state index in [2.05, 4.69) is 30.4 Å². The van der Waals surface area contributed by atoms with Crippen molar-refractivity contribution in [2.75, 3.05) is 26.9 Å². The fourth-order valence-corrected chi connectivity index (χ4v) is 1.74. The average Bonchev–Trinajstić information content (AvgIpc) is 2.22. The van der Waals surface area contributed by atoms with Crippen molar-refractivity contribution in [3.05, 3.63) is 22.8 Å². The first kappa shape index (κ1) is 13.4. The molecule has 0 aliphatic carbocycles. The molecule has 0 aromatic rings. The van der Waals surface area contributed by atoms with E-state index in [4.69, 9.17) is 0 Å². The Bertz CT molecular complexity index is 329. The van der Waals surface area contributed by atoms with Gasteiger partial charge >= 0.3 is 0 Å². The van der Waals surface area contributed by atoms with Gasteiger partial charge in [0.25, 0.3) is 5.96 Å². The lowest BCUT2D eigenvalue weighted by molar-refractivity contribution is -0.486. The van der Waals surface area contributed by atoms with E-state index < -0.39 is 5.03 Å². The Balaban J connectivity index is 2.90. The Morgan fingerprint density at radius 3 is 2.71 bits per heavy atom. The van der Waals surface area contributed by atoms with Crippen molar-refractivity contribution >= 4 is 5.96 Å². The molecule has 17 heavy (non-hydrogen) atoms. The zero-order valence-corrected chi connectivity index (χ0v) is 10.5. The predicted molar refractivity (Wildman–Crippen MR) is 65.8 cm³/mol. The lowest BCUT2D eigenvalue weighted by atomic mass is 10.3. The van der Waals surface area contributed by atoms with Gasteiger partial charge in [-0.15, -0.1) is 6.58 Å². The number of hydrogen-bond donors (Lipinski definition) is 0. The van der Waals surface area contributed by atoms with E-state index >= 15 is 0 Å². The minimum atomic E-state index is -0.660. The Morgan fingerprint density at radius 2 is 2.24 bits per heavy atom. The first-order chi connectivity index (χ1) is 7.95. The Hall–Kier alpha value is -1.63. The van der Waals surface area contributed by atoms with Gasteiger partial charge in [0.1, 0.15) is 5.10 Å². The summed E-state index contributed by atoms with van der Waals surface area (Å²) in [6, 6.07) is 0.377. The Kier molecular flexibility index (Phi) is 4.45. The van der Waals surface area contributed by atoms with Crippen LogP contribution < -0.4 is 0 Å². The van der Waals surface area contributed by atoms with Gasteiger partial charge in [-0.25, -0.2) is 10.1 Å². The van der Waals surface area contributed by atoms with Crippen molar-refractivity contribution in [3.8, 4) is 0 Å². The number of nitro groups is 1. The summed E-state index contributed by atoms with van der Waals surface area (Å²) >= 11 is 0. The second-order valence-corrected chi connectivity index (χ2v) is 4.31. The van der Waals surface area contributed by atoms with E-state index in [1.165, 1.54) is 0 Å². The minimum Gasteiger partial charge on any atom is -0.328 e. The first-order valence-electron chi connectivity index (χ1n) is 5.49. The van der Waals surface area contributed by atoms with Crippen LogP contribution >= 0.6 is 0 Å². The van der Waals surface area contributed by atoms with Crippen LogP contribution in [0.2, 0.25) is 0 Å². The maximum atomic E-state index is 10.5. The van der Waals surface area contributed by atoms with Crippen LogP contribution in [-0.2, 0) is 0 Å². The van der Waals surface area contributed by atoms with Gasteiger partial charge in [0.15, 0.2) is 5.03 Å². The molecule has 0 amide bonds. The van der Waals surface area contributed by atoms with Crippen molar-refractivity contribution < 1.29 is 5.03 Å². The molecule has 7 heteroatoms. The fraction of sp³-hybridized carbons (Fsp3) is 0.700. The summed E-state index contributed by atoms with van der Waals surface area (Å²) < 4.78 is 0. The standard InChI is InChI=1S/C10H19N5O2/c1-5-6-13-8-14(9(2)3)7-12(4)10(13)11-15(16)17/h5,9H,1,6-8H2,2-4H3. The van der Waals surface area contributed by atoms with Crippen LogP contribution in [0.3, 0.4) is 0 Å². The normalized spacial score (nSPS) is 20.1. The van der Waals surface area contributed by atoms with Gasteiger partial charge in [0.05, 0.1) is 13.3 Å². The van der Waals surface area contributed by atoms with E-state index in [-0.39, 0.29) is 0 Å². The van der Waals surface area contributed by atoms with Gasteiger partial charge in [-0.2, -0.15) is 0 Å². The molecule has 0 aromatic heterocycles. The molecular formula is C10H19N5O2. The molecule has 1 aliphatic rings. The summed E-state index contributed by atoms with van der Waals surface area (Å²) in [7, 11) is 1.80. The Labute approximate surface area is 101 Å². The molecule has 0 unspecified atom stereocenters. The van der Waals surface area contributed by atoms with Crippen LogP contribution in [-0.4, -0.2) is 58.7 Å². The molecule has 0 aromatic carbocycles. The van der Waals surface area contributed by atoms with Crippen LogP contribution in [0.15, 0.2) is 17.8 Å². The second kappa shape index (κ2) is 5.62. The van der Waals surface area contributed by atoms with E-state index in [0.717, 1.165) is 0 Å². The lowest BCUT2D eigenvalue weighted by Gasteiger charge is -2.43. The van der Waals surface area contributed by atoms with E-state index in [0.29, 0.717) is 31.9 Å². The minimum absolute atomic E-state index is 0.377. The third kappa shape index (κ3) is 3.42. The van der Waals surface area contributed by atoms with E-state index in [9.17, 15) is 10.1 Å². The summed E-state index contributed by atoms with van der Waals surface area (Å²) in [6.07, 6.45) is 1.72. The molecule has 1 rings (SSSR count). The predicted octanol–water partition coefficient (Wildman–Crippen LogP) is 0.593. The summed E-state index contributed by atoms with van der Waals surface area (Å²) in [4.78, 5) is 16.3. The highest BCUT2D eigenvalue weighted by molar-refractivity contribution is 5.79. The third-order valence-corrected chi connectivity index (χ3v) is 2.62. The van der Waals surface area contributed by atoms with Gasteiger partial charge in [-0.05, 0) is 13.8 Å². The molecule has 7 nitrogen and oxygen atoms in total. The van der Waals surface area contributed by atoms with Crippen molar-refractivity contribution in [1.82, 2.24) is 14.7 Å². The topological polar surface area (TPSA) is 65.2 Å². The molecule has 0 atom stereocenters. The van der Waals surface area contributed by atoms with Crippen LogP contribution in [0.1, 0.15) is 13.8 Å². The van der Waals surface area contributed by atoms with Gasteiger partial charge in [-0.1, -0.05) is 6.08 Å². The van der Waals surface area contributed by atoms with Crippen molar-refractivity contribution in [2.45, 2.75) is 19.9 Å². The molecule has 96 valence electrons. The lowest BCUT2D eigenvalue weighted by Crippen LogP contribution is -2.59. The molecule has 1 saturated heterocycles. The first-order valence-corrected chi connectivity index (χ1v) is 5.49.